The van der Waals surface area contributed by atoms with Crippen molar-refractivity contribution in [3.05, 3.63) is 41.5 Å². The smallest absolute Gasteiger partial charge is 0.0439 e. The van der Waals surface area contributed by atoms with E-state index in [1.54, 1.807) is 0 Å². The molecule has 1 fully saturated rings. The Labute approximate surface area is 118 Å². The van der Waals surface area contributed by atoms with E-state index in [0.29, 0.717) is 17.8 Å². The van der Waals surface area contributed by atoms with Gasteiger partial charge in [-0.1, -0.05) is 65.0 Å². The van der Waals surface area contributed by atoms with Crippen molar-refractivity contribution in [2.24, 2.45) is 5.92 Å². The molecule has 1 aromatic rings. The van der Waals surface area contributed by atoms with Crippen molar-refractivity contribution in [3.63, 3.8) is 0 Å². The van der Waals surface area contributed by atoms with Gasteiger partial charge in [0, 0.05) is 18.8 Å². The fourth-order valence-electron chi connectivity index (χ4n) is 2.97. The number of anilines is 1. The largest absolute Gasteiger partial charge is 0.366 e. The van der Waals surface area contributed by atoms with Crippen LogP contribution in [0.1, 0.15) is 57.6 Å². The van der Waals surface area contributed by atoms with Gasteiger partial charge in [-0.25, -0.2) is 0 Å². The first-order valence-corrected chi connectivity index (χ1v) is 7.47. The fraction of sp³-hybridized carbons (Fsp3) is 0.556. The molecule has 1 aliphatic rings. The Morgan fingerprint density at radius 2 is 1.63 bits per heavy atom. The normalized spacial score (nSPS) is 19.8. The van der Waals surface area contributed by atoms with Gasteiger partial charge in [0.05, 0.1) is 0 Å². The van der Waals surface area contributed by atoms with Crippen molar-refractivity contribution in [2.75, 3.05) is 18.0 Å². The van der Waals surface area contributed by atoms with Crippen LogP contribution in [-0.2, 0) is 0 Å². The highest BCUT2D eigenvalue weighted by Gasteiger charge is 2.27. The molecule has 1 heterocycles. The number of hydrogen-bond donors (Lipinski definition) is 0. The molecule has 104 valence electrons. The molecule has 0 amide bonds. The van der Waals surface area contributed by atoms with Crippen LogP contribution in [0.15, 0.2) is 30.4 Å². The van der Waals surface area contributed by atoms with E-state index in [1.165, 1.54) is 22.4 Å². The number of rotatable bonds is 3. The van der Waals surface area contributed by atoms with Gasteiger partial charge in [0.15, 0.2) is 0 Å². The Morgan fingerprint density at radius 1 is 1.11 bits per heavy atom. The van der Waals surface area contributed by atoms with E-state index >= 15 is 0 Å². The average Bonchev–Trinajstić information content (AvgIpc) is 2.68. The maximum absolute atomic E-state index is 4.22. The molecule has 1 aromatic carbocycles. The summed E-state index contributed by atoms with van der Waals surface area (Å²) in [5.74, 6) is 1.75. The summed E-state index contributed by atoms with van der Waals surface area (Å²) in [4.78, 5) is 2.54. The third-order valence-electron chi connectivity index (χ3n) is 4.24. The molecule has 1 heteroatoms. The van der Waals surface area contributed by atoms with Gasteiger partial charge < -0.3 is 4.90 Å². The van der Waals surface area contributed by atoms with Gasteiger partial charge in [-0.2, -0.15) is 0 Å². The molecule has 1 atom stereocenters. The molecular weight excluding hydrogens is 230 g/mol. The van der Waals surface area contributed by atoms with E-state index in [9.17, 15) is 0 Å². The Bertz CT molecular complexity index is 444. The topological polar surface area (TPSA) is 3.24 Å². The third-order valence-corrected chi connectivity index (χ3v) is 4.24. The first-order valence-electron chi connectivity index (χ1n) is 7.47. The summed E-state index contributed by atoms with van der Waals surface area (Å²) in [5, 5.41) is 0. The van der Waals surface area contributed by atoms with Crippen LogP contribution in [0.3, 0.4) is 0 Å². The predicted octanol–water partition coefficient (Wildman–Crippen LogP) is 4.95. The molecule has 0 aromatic heterocycles. The lowest BCUT2D eigenvalue weighted by Gasteiger charge is -2.28. The van der Waals surface area contributed by atoms with Crippen molar-refractivity contribution >= 4 is 5.69 Å². The van der Waals surface area contributed by atoms with Crippen LogP contribution in [-0.4, -0.2) is 13.1 Å². The van der Waals surface area contributed by atoms with Crippen molar-refractivity contribution < 1.29 is 0 Å². The van der Waals surface area contributed by atoms with Crippen molar-refractivity contribution in [1.82, 2.24) is 0 Å². The van der Waals surface area contributed by atoms with E-state index in [4.69, 9.17) is 0 Å². The number of hydrogen-bond acceptors (Lipinski definition) is 1. The minimum absolute atomic E-state index is 0.567. The van der Waals surface area contributed by atoms with Crippen LogP contribution in [0.2, 0.25) is 0 Å². The first-order chi connectivity index (χ1) is 8.91. The molecule has 0 N–H and O–H groups in total. The van der Waals surface area contributed by atoms with Crippen LogP contribution in [0.5, 0.6) is 0 Å². The summed E-state index contributed by atoms with van der Waals surface area (Å²) in [6.45, 7) is 17.8. The molecule has 0 radical (unpaired) electrons. The molecule has 0 spiro atoms. The minimum atomic E-state index is 0.567. The summed E-state index contributed by atoms with van der Waals surface area (Å²) in [6.07, 6.45) is 0. The third kappa shape index (κ3) is 2.70. The summed E-state index contributed by atoms with van der Waals surface area (Å²) in [6, 6.07) is 6.79. The van der Waals surface area contributed by atoms with Crippen LogP contribution in [0.4, 0.5) is 5.69 Å². The second kappa shape index (κ2) is 5.40. The maximum Gasteiger partial charge on any atom is 0.0439 e. The zero-order valence-corrected chi connectivity index (χ0v) is 13.0. The van der Waals surface area contributed by atoms with Crippen molar-refractivity contribution in [3.8, 4) is 0 Å². The van der Waals surface area contributed by atoms with E-state index in [-0.39, 0.29) is 0 Å². The molecule has 0 bridgehead atoms. The molecule has 0 aliphatic carbocycles. The molecule has 19 heavy (non-hydrogen) atoms. The standard InChI is InChI=1S/C18H27N/c1-12(2)16-8-7-9-17(13(3)4)18(16)19-10-14(5)15(6)11-19/h7-9,12-13,15H,5,10-11H2,1-4,6H3/t15-/m0/s1. The number of benzene rings is 1. The van der Waals surface area contributed by atoms with E-state index in [2.05, 4.69) is 64.3 Å². The predicted molar refractivity (Wildman–Crippen MR) is 85.1 cm³/mol. The van der Waals surface area contributed by atoms with Gasteiger partial charge in [-0.15, -0.1) is 0 Å². The zero-order chi connectivity index (χ0) is 14.2. The molecular formula is C18H27N. The van der Waals surface area contributed by atoms with Crippen LogP contribution in [0.25, 0.3) is 0 Å². The molecule has 1 nitrogen and oxygen atoms in total. The zero-order valence-electron chi connectivity index (χ0n) is 13.0. The summed E-state index contributed by atoms with van der Waals surface area (Å²) < 4.78 is 0. The second-order valence-corrected chi connectivity index (χ2v) is 6.53. The fourth-order valence-corrected chi connectivity index (χ4v) is 2.97. The lowest BCUT2D eigenvalue weighted by molar-refractivity contribution is 0.745. The summed E-state index contributed by atoms with van der Waals surface area (Å²) in [5.41, 5.74) is 5.80. The Balaban J connectivity index is 2.50. The highest BCUT2D eigenvalue weighted by atomic mass is 15.2. The molecule has 1 saturated heterocycles. The lowest BCUT2D eigenvalue weighted by atomic mass is 9.92. The summed E-state index contributed by atoms with van der Waals surface area (Å²) in [7, 11) is 0. The average molecular weight is 257 g/mol. The van der Waals surface area contributed by atoms with Gasteiger partial charge in [0.2, 0.25) is 0 Å². The van der Waals surface area contributed by atoms with Crippen LogP contribution < -0.4 is 4.90 Å². The Hall–Kier alpha value is -1.24. The Morgan fingerprint density at radius 3 is 2.00 bits per heavy atom. The summed E-state index contributed by atoms with van der Waals surface area (Å²) >= 11 is 0. The lowest BCUT2D eigenvalue weighted by Crippen LogP contribution is -2.23. The van der Waals surface area contributed by atoms with Gasteiger partial charge in [0.25, 0.3) is 0 Å². The molecule has 0 saturated carbocycles. The number of para-hydroxylation sites is 1. The van der Waals surface area contributed by atoms with Gasteiger partial charge in [0.1, 0.15) is 0 Å². The second-order valence-electron chi connectivity index (χ2n) is 6.53. The van der Waals surface area contributed by atoms with E-state index < -0.39 is 0 Å². The number of nitrogens with zero attached hydrogens (tertiary/aromatic N) is 1. The van der Waals surface area contributed by atoms with Crippen molar-refractivity contribution in [1.29, 1.82) is 0 Å². The monoisotopic (exact) mass is 257 g/mol. The van der Waals surface area contributed by atoms with Gasteiger partial charge >= 0.3 is 0 Å². The SMILES string of the molecule is C=C1CN(c2c(C(C)C)cccc2C(C)C)C[C@@H]1C. The van der Waals surface area contributed by atoms with Crippen LogP contribution >= 0.6 is 0 Å². The Kier molecular flexibility index (Phi) is 4.03. The van der Waals surface area contributed by atoms with Gasteiger partial charge in [-0.05, 0) is 28.9 Å². The first kappa shape index (κ1) is 14.2. The minimum Gasteiger partial charge on any atom is -0.366 e. The van der Waals surface area contributed by atoms with Crippen molar-refractivity contribution in [2.45, 2.75) is 46.5 Å². The quantitative estimate of drug-likeness (QED) is 0.693. The van der Waals surface area contributed by atoms with E-state index in [1.807, 2.05) is 0 Å². The molecule has 2 rings (SSSR count). The molecule has 0 unspecified atom stereocenters. The van der Waals surface area contributed by atoms with Crippen LogP contribution in [0, 0.1) is 5.92 Å². The molecule has 1 aliphatic heterocycles. The highest BCUT2D eigenvalue weighted by Crippen LogP contribution is 2.38. The maximum atomic E-state index is 4.22. The van der Waals surface area contributed by atoms with Gasteiger partial charge in [-0.3, -0.25) is 0 Å². The van der Waals surface area contributed by atoms with E-state index in [0.717, 1.165) is 13.1 Å². The highest BCUT2D eigenvalue weighted by molar-refractivity contribution is 5.63.